The van der Waals surface area contributed by atoms with E-state index in [9.17, 15) is 19.7 Å². The summed E-state index contributed by atoms with van der Waals surface area (Å²) >= 11 is 1.04. The lowest BCUT2D eigenvalue weighted by atomic mass is 10.1. The number of amides is 1. The van der Waals surface area contributed by atoms with E-state index in [0.717, 1.165) is 17.3 Å². The monoisotopic (exact) mass is 412 g/mol. The summed E-state index contributed by atoms with van der Waals surface area (Å²) in [6.07, 6.45) is 0. The van der Waals surface area contributed by atoms with Crippen LogP contribution in [0.25, 0.3) is 11.3 Å². The summed E-state index contributed by atoms with van der Waals surface area (Å²) in [6, 6.07) is 14.5. The van der Waals surface area contributed by atoms with Crippen molar-refractivity contribution < 1.29 is 14.5 Å². The maximum absolute atomic E-state index is 12.3. The SMILES string of the molecule is COc1ccc([N+](=O)[O-])cc1NC(=O)CSc1nc(-c2ccccc2)cc(=O)[nH]1. The van der Waals surface area contributed by atoms with Crippen molar-refractivity contribution in [2.24, 2.45) is 0 Å². The maximum Gasteiger partial charge on any atom is 0.271 e. The number of non-ortho nitro benzene ring substituents is 1. The second kappa shape index (κ2) is 9.02. The van der Waals surface area contributed by atoms with Crippen molar-refractivity contribution in [3.05, 3.63) is 75.1 Å². The highest BCUT2D eigenvalue weighted by atomic mass is 32.2. The Labute approximate surface area is 169 Å². The first-order valence-corrected chi connectivity index (χ1v) is 9.36. The number of aromatic amines is 1. The fraction of sp³-hybridized carbons (Fsp3) is 0.105. The topological polar surface area (TPSA) is 127 Å². The highest BCUT2D eigenvalue weighted by Crippen LogP contribution is 2.29. The fourth-order valence-corrected chi connectivity index (χ4v) is 3.16. The molecule has 0 aliphatic heterocycles. The van der Waals surface area contributed by atoms with Crippen molar-refractivity contribution in [2.45, 2.75) is 5.16 Å². The molecule has 29 heavy (non-hydrogen) atoms. The number of rotatable bonds is 7. The normalized spacial score (nSPS) is 10.4. The lowest BCUT2D eigenvalue weighted by molar-refractivity contribution is -0.384. The molecule has 9 nitrogen and oxygen atoms in total. The van der Waals surface area contributed by atoms with Gasteiger partial charge in [-0.25, -0.2) is 4.98 Å². The molecule has 0 aliphatic carbocycles. The van der Waals surface area contributed by atoms with Crippen molar-refractivity contribution in [2.75, 3.05) is 18.2 Å². The smallest absolute Gasteiger partial charge is 0.271 e. The predicted octanol–water partition coefficient (Wildman–Crippen LogP) is 3.08. The van der Waals surface area contributed by atoms with Crippen LogP contribution in [0.3, 0.4) is 0 Å². The van der Waals surface area contributed by atoms with Crippen LogP contribution in [0, 0.1) is 10.1 Å². The Bertz CT molecular complexity index is 1100. The zero-order chi connectivity index (χ0) is 20.8. The van der Waals surface area contributed by atoms with E-state index in [4.69, 9.17) is 4.74 Å². The van der Waals surface area contributed by atoms with Gasteiger partial charge in [0.05, 0.1) is 29.2 Å². The second-order valence-electron chi connectivity index (χ2n) is 5.78. The zero-order valence-corrected chi connectivity index (χ0v) is 16.1. The lowest BCUT2D eigenvalue weighted by Crippen LogP contribution is -2.16. The van der Waals surface area contributed by atoms with Crippen molar-refractivity contribution >= 4 is 29.0 Å². The van der Waals surface area contributed by atoms with E-state index in [1.54, 1.807) is 0 Å². The number of anilines is 1. The summed E-state index contributed by atoms with van der Waals surface area (Å²) in [4.78, 5) is 41.5. The van der Waals surface area contributed by atoms with E-state index in [-0.39, 0.29) is 27.8 Å². The van der Waals surface area contributed by atoms with Gasteiger partial charge in [0, 0.05) is 23.8 Å². The van der Waals surface area contributed by atoms with E-state index >= 15 is 0 Å². The number of H-pyrrole nitrogens is 1. The molecule has 0 radical (unpaired) electrons. The number of carbonyl (C=O) groups excluding carboxylic acids is 1. The third-order valence-electron chi connectivity index (χ3n) is 3.80. The Kier molecular flexibility index (Phi) is 6.25. The Morgan fingerprint density at radius 2 is 2.00 bits per heavy atom. The van der Waals surface area contributed by atoms with Crippen LogP contribution in [0.2, 0.25) is 0 Å². The number of ether oxygens (including phenoxy) is 1. The molecule has 2 aromatic carbocycles. The Morgan fingerprint density at radius 1 is 1.24 bits per heavy atom. The first-order chi connectivity index (χ1) is 14.0. The van der Waals surface area contributed by atoms with Gasteiger partial charge in [0.25, 0.3) is 11.2 Å². The van der Waals surface area contributed by atoms with E-state index in [1.165, 1.54) is 31.4 Å². The molecule has 0 atom stereocenters. The molecule has 0 saturated carbocycles. The molecule has 0 fully saturated rings. The molecule has 0 saturated heterocycles. The summed E-state index contributed by atoms with van der Waals surface area (Å²) in [5.74, 6) is -0.194. The van der Waals surface area contributed by atoms with E-state index in [0.29, 0.717) is 11.4 Å². The molecule has 2 N–H and O–H groups in total. The van der Waals surface area contributed by atoms with Gasteiger partial charge in [-0.05, 0) is 6.07 Å². The molecular weight excluding hydrogens is 396 g/mol. The molecule has 0 aliphatic rings. The minimum absolute atomic E-state index is 0.0625. The van der Waals surface area contributed by atoms with Crippen molar-refractivity contribution in [1.29, 1.82) is 0 Å². The first-order valence-electron chi connectivity index (χ1n) is 8.38. The van der Waals surface area contributed by atoms with Gasteiger partial charge < -0.3 is 15.0 Å². The minimum Gasteiger partial charge on any atom is -0.495 e. The number of benzene rings is 2. The number of nitrogens with zero attached hydrogens (tertiary/aromatic N) is 2. The van der Waals surface area contributed by atoms with Gasteiger partial charge in [0.15, 0.2) is 5.16 Å². The molecule has 3 rings (SSSR count). The van der Waals surface area contributed by atoms with Crippen LogP contribution in [0.5, 0.6) is 5.75 Å². The molecule has 1 aromatic heterocycles. The van der Waals surface area contributed by atoms with Crippen molar-refractivity contribution in [3.8, 4) is 17.0 Å². The second-order valence-corrected chi connectivity index (χ2v) is 6.74. The first kappa shape index (κ1) is 20.1. The predicted molar refractivity (Wildman–Crippen MR) is 109 cm³/mol. The van der Waals surface area contributed by atoms with Gasteiger partial charge in [-0.1, -0.05) is 42.1 Å². The molecule has 0 spiro atoms. The fourth-order valence-electron chi connectivity index (χ4n) is 2.49. The summed E-state index contributed by atoms with van der Waals surface area (Å²) < 4.78 is 5.12. The number of nitro benzene ring substituents is 1. The van der Waals surface area contributed by atoms with Crippen LogP contribution in [-0.4, -0.2) is 33.7 Å². The summed E-state index contributed by atoms with van der Waals surface area (Å²) in [5, 5.41) is 13.8. The third-order valence-corrected chi connectivity index (χ3v) is 4.67. The number of nitrogens with one attached hydrogen (secondary N) is 2. The Balaban J connectivity index is 1.72. The molecular formula is C19H16N4O5S. The van der Waals surface area contributed by atoms with Crippen LogP contribution >= 0.6 is 11.8 Å². The number of hydrogen-bond donors (Lipinski definition) is 2. The van der Waals surface area contributed by atoms with Gasteiger partial charge in [-0.15, -0.1) is 0 Å². The number of methoxy groups -OCH3 is 1. The highest BCUT2D eigenvalue weighted by Gasteiger charge is 2.14. The van der Waals surface area contributed by atoms with Crippen LogP contribution in [-0.2, 0) is 4.79 Å². The van der Waals surface area contributed by atoms with Crippen LogP contribution in [0.4, 0.5) is 11.4 Å². The van der Waals surface area contributed by atoms with Gasteiger partial charge >= 0.3 is 0 Å². The standard InChI is InChI=1S/C19H16N4O5S/c1-28-16-8-7-13(23(26)27)9-15(16)20-18(25)11-29-19-21-14(10-17(24)22-19)12-5-3-2-4-6-12/h2-10H,11H2,1H3,(H,20,25)(H,21,22,24). The average Bonchev–Trinajstić information content (AvgIpc) is 2.72. The highest BCUT2D eigenvalue weighted by molar-refractivity contribution is 7.99. The Morgan fingerprint density at radius 3 is 2.69 bits per heavy atom. The van der Waals surface area contributed by atoms with Gasteiger partial charge in [0.2, 0.25) is 5.91 Å². The molecule has 0 bridgehead atoms. The molecule has 148 valence electrons. The molecule has 10 heteroatoms. The zero-order valence-electron chi connectivity index (χ0n) is 15.2. The molecule has 1 amide bonds. The van der Waals surface area contributed by atoms with Crippen LogP contribution in [0.1, 0.15) is 0 Å². The van der Waals surface area contributed by atoms with Crippen LogP contribution < -0.4 is 15.6 Å². The van der Waals surface area contributed by atoms with E-state index in [1.807, 2.05) is 30.3 Å². The van der Waals surface area contributed by atoms with Crippen molar-refractivity contribution in [3.63, 3.8) is 0 Å². The van der Waals surface area contributed by atoms with Crippen LogP contribution in [0.15, 0.2) is 64.5 Å². The van der Waals surface area contributed by atoms with Gasteiger partial charge in [0.1, 0.15) is 5.75 Å². The summed E-state index contributed by atoms with van der Waals surface area (Å²) in [6.45, 7) is 0. The number of aromatic nitrogens is 2. The molecule has 3 aromatic rings. The van der Waals surface area contributed by atoms with Gasteiger partial charge in [-0.3, -0.25) is 19.7 Å². The average molecular weight is 412 g/mol. The summed E-state index contributed by atoms with van der Waals surface area (Å²) in [7, 11) is 1.40. The number of carbonyl (C=O) groups is 1. The Hall–Kier alpha value is -3.66. The van der Waals surface area contributed by atoms with Crippen molar-refractivity contribution in [1.82, 2.24) is 9.97 Å². The van der Waals surface area contributed by atoms with Gasteiger partial charge in [-0.2, -0.15) is 0 Å². The maximum atomic E-state index is 12.3. The van der Waals surface area contributed by atoms with E-state index in [2.05, 4.69) is 15.3 Å². The lowest BCUT2D eigenvalue weighted by Gasteiger charge is -2.10. The third kappa shape index (κ3) is 5.20. The van der Waals surface area contributed by atoms with E-state index < -0.39 is 10.8 Å². The molecule has 0 unspecified atom stereocenters. The minimum atomic E-state index is -0.562. The quantitative estimate of drug-likeness (QED) is 0.264. The number of hydrogen-bond acceptors (Lipinski definition) is 7. The largest absolute Gasteiger partial charge is 0.495 e. The summed E-state index contributed by atoms with van der Waals surface area (Å²) in [5.41, 5.74) is 0.966. The number of nitro groups is 1. The molecule has 1 heterocycles. The number of thioether (sulfide) groups is 1.